The third kappa shape index (κ3) is 4.45. The molecule has 3 aromatic rings. The summed E-state index contributed by atoms with van der Waals surface area (Å²) >= 11 is 1.41. The lowest BCUT2D eigenvalue weighted by molar-refractivity contribution is -0.121. The molecule has 168 valence electrons. The SMILES string of the molecule is N#Cc1c(SCC2CC(=O)NC(=O)N2)nc2c(c1-c1ccccc1)CC/C2=C\c1ccccc1. The summed E-state index contributed by atoms with van der Waals surface area (Å²) in [7, 11) is 0. The van der Waals surface area contributed by atoms with E-state index >= 15 is 0 Å². The summed E-state index contributed by atoms with van der Waals surface area (Å²) in [6, 6.07) is 21.7. The Morgan fingerprint density at radius 1 is 1.06 bits per heavy atom. The van der Waals surface area contributed by atoms with Crippen molar-refractivity contribution >= 4 is 35.3 Å². The number of benzene rings is 2. The van der Waals surface area contributed by atoms with Gasteiger partial charge < -0.3 is 5.32 Å². The molecule has 2 heterocycles. The first-order chi connectivity index (χ1) is 16.6. The Hall–Kier alpha value is -3.89. The van der Waals surface area contributed by atoms with Crippen molar-refractivity contribution in [2.75, 3.05) is 5.75 Å². The van der Waals surface area contributed by atoms with Gasteiger partial charge in [-0.05, 0) is 41.2 Å². The molecule has 0 saturated carbocycles. The number of carbonyl (C=O) groups is 2. The van der Waals surface area contributed by atoms with E-state index in [-0.39, 0.29) is 18.4 Å². The lowest BCUT2D eigenvalue weighted by Crippen LogP contribution is -2.53. The molecule has 1 unspecified atom stereocenters. The summed E-state index contributed by atoms with van der Waals surface area (Å²) in [4.78, 5) is 28.4. The highest BCUT2D eigenvalue weighted by molar-refractivity contribution is 7.99. The van der Waals surface area contributed by atoms with Crippen LogP contribution in [0.1, 0.15) is 35.2 Å². The second-order valence-electron chi connectivity index (χ2n) is 8.29. The molecule has 3 amide bonds. The summed E-state index contributed by atoms with van der Waals surface area (Å²) < 4.78 is 0. The van der Waals surface area contributed by atoms with E-state index in [0.717, 1.165) is 46.4 Å². The smallest absolute Gasteiger partial charge is 0.321 e. The highest BCUT2D eigenvalue weighted by Crippen LogP contribution is 2.43. The minimum Gasteiger partial charge on any atom is -0.334 e. The number of hydrogen-bond donors (Lipinski definition) is 2. The molecule has 1 saturated heterocycles. The van der Waals surface area contributed by atoms with E-state index in [2.05, 4.69) is 34.9 Å². The molecule has 1 fully saturated rings. The van der Waals surface area contributed by atoms with Crippen molar-refractivity contribution in [2.45, 2.75) is 30.3 Å². The maximum atomic E-state index is 11.8. The number of amides is 3. The highest BCUT2D eigenvalue weighted by atomic mass is 32.2. The fourth-order valence-electron chi connectivity index (χ4n) is 4.46. The number of allylic oxidation sites excluding steroid dienone is 1. The summed E-state index contributed by atoms with van der Waals surface area (Å²) in [6.45, 7) is 0. The maximum Gasteiger partial charge on any atom is 0.321 e. The Labute approximate surface area is 202 Å². The van der Waals surface area contributed by atoms with Gasteiger partial charge in [0.05, 0.1) is 11.3 Å². The Morgan fingerprint density at radius 3 is 2.50 bits per heavy atom. The quantitative estimate of drug-likeness (QED) is 0.527. The number of carbonyl (C=O) groups excluding carboxylic acids is 2. The molecule has 5 rings (SSSR count). The molecule has 0 bridgehead atoms. The normalized spacial score (nSPS) is 18.2. The number of nitriles is 1. The second kappa shape index (κ2) is 9.54. The molecule has 34 heavy (non-hydrogen) atoms. The predicted octanol–water partition coefficient (Wildman–Crippen LogP) is 4.80. The Bertz CT molecular complexity index is 1310. The second-order valence-corrected chi connectivity index (χ2v) is 9.29. The average molecular weight is 467 g/mol. The molecule has 2 aromatic carbocycles. The van der Waals surface area contributed by atoms with Crippen molar-refractivity contribution in [3.63, 3.8) is 0 Å². The summed E-state index contributed by atoms with van der Waals surface area (Å²) in [5, 5.41) is 15.8. The molecule has 1 aliphatic carbocycles. The van der Waals surface area contributed by atoms with Gasteiger partial charge in [-0.15, -0.1) is 11.8 Å². The van der Waals surface area contributed by atoms with E-state index in [4.69, 9.17) is 4.98 Å². The molecule has 0 spiro atoms. The summed E-state index contributed by atoms with van der Waals surface area (Å²) in [5.41, 5.74) is 6.75. The largest absolute Gasteiger partial charge is 0.334 e. The number of aromatic nitrogens is 1. The van der Waals surface area contributed by atoms with E-state index in [1.54, 1.807) is 0 Å². The fraction of sp³-hybridized carbons (Fsp3) is 0.185. The van der Waals surface area contributed by atoms with Crippen LogP contribution in [0, 0.1) is 11.3 Å². The first-order valence-corrected chi connectivity index (χ1v) is 12.1. The van der Waals surface area contributed by atoms with Gasteiger partial charge >= 0.3 is 6.03 Å². The molecule has 6 nitrogen and oxygen atoms in total. The van der Waals surface area contributed by atoms with Gasteiger partial charge in [0.25, 0.3) is 0 Å². The molecule has 7 heteroatoms. The van der Waals surface area contributed by atoms with Crippen LogP contribution in [0.4, 0.5) is 4.79 Å². The lowest BCUT2D eigenvalue weighted by atomic mass is 9.95. The van der Waals surface area contributed by atoms with Gasteiger partial charge in [-0.2, -0.15) is 5.26 Å². The van der Waals surface area contributed by atoms with E-state index in [1.807, 2.05) is 48.5 Å². The Balaban J connectivity index is 1.58. The van der Waals surface area contributed by atoms with E-state index in [0.29, 0.717) is 16.3 Å². The number of imide groups is 1. The third-order valence-corrected chi connectivity index (χ3v) is 7.11. The van der Waals surface area contributed by atoms with Crippen LogP contribution in [-0.4, -0.2) is 28.7 Å². The molecule has 2 aliphatic rings. The molecule has 1 aromatic heterocycles. The van der Waals surface area contributed by atoms with Crippen molar-refractivity contribution in [1.29, 1.82) is 5.26 Å². The van der Waals surface area contributed by atoms with Crippen LogP contribution < -0.4 is 10.6 Å². The van der Waals surface area contributed by atoms with Crippen molar-refractivity contribution in [1.82, 2.24) is 15.6 Å². The third-order valence-electron chi connectivity index (χ3n) is 5.97. The van der Waals surface area contributed by atoms with Crippen LogP contribution in [0.2, 0.25) is 0 Å². The standard InChI is InChI=1S/C27H22N4O2S/c28-15-22-24(18-9-5-2-6-10-18)21-12-11-19(13-17-7-3-1-4-8-17)25(21)31-26(22)34-16-20-14-23(32)30-27(33)29-20/h1-10,13,20H,11-12,14,16H2,(H2,29,30,32,33)/b19-13+. The monoisotopic (exact) mass is 466 g/mol. The number of nitrogens with zero attached hydrogens (tertiary/aromatic N) is 2. The molecule has 2 N–H and O–H groups in total. The molecule has 0 radical (unpaired) electrons. The molecular formula is C27H22N4O2S. The number of hydrogen-bond acceptors (Lipinski definition) is 5. The number of nitrogens with one attached hydrogen (secondary N) is 2. The van der Waals surface area contributed by atoms with Crippen molar-refractivity contribution < 1.29 is 9.59 Å². The minimum absolute atomic E-state index is 0.205. The van der Waals surface area contributed by atoms with Crippen LogP contribution in [0.5, 0.6) is 0 Å². The first kappa shape index (κ1) is 21.9. The van der Waals surface area contributed by atoms with Crippen LogP contribution >= 0.6 is 11.8 Å². The van der Waals surface area contributed by atoms with Crippen LogP contribution in [-0.2, 0) is 11.2 Å². The fourth-order valence-corrected chi connectivity index (χ4v) is 5.47. The van der Waals surface area contributed by atoms with Gasteiger partial charge in [0.15, 0.2) is 0 Å². The first-order valence-electron chi connectivity index (χ1n) is 11.1. The van der Waals surface area contributed by atoms with Crippen LogP contribution in [0.25, 0.3) is 22.8 Å². The number of fused-ring (bicyclic) bond motifs is 1. The van der Waals surface area contributed by atoms with Gasteiger partial charge in [0, 0.05) is 23.8 Å². The zero-order chi connectivity index (χ0) is 23.5. The number of rotatable bonds is 5. The number of urea groups is 1. The van der Waals surface area contributed by atoms with Gasteiger partial charge in [-0.1, -0.05) is 60.7 Å². The predicted molar refractivity (Wildman–Crippen MR) is 133 cm³/mol. The molecule has 1 aliphatic heterocycles. The zero-order valence-electron chi connectivity index (χ0n) is 18.4. The zero-order valence-corrected chi connectivity index (χ0v) is 19.2. The number of pyridine rings is 1. The van der Waals surface area contributed by atoms with Crippen molar-refractivity contribution in [3.8, 4) is 17.2 Å². The molecule has 1 atom stereocenters. The van der Waals surface area contributed by atoms with Crippen molar-refractivity contribution in [3.05, 3.63) is 83.0 Å². The van der Waals surface area contributed by atoms with Gasteiger partial charge in [-0.25, -0.2) is 9.78 Å². The maximum absolute atomic E-state index is 11.8. The van der Waals surface area contributed by atoms with Crippen molar-refractivity contribution in [2.24, 2.45) is 0 Å². The topological polar surface area (TPSA) is 94.9 Å². The highest BCUT2D eigenvalue weighted by Gasteiger charge is 2.29. The van der Waals surface area contributed by atoms with Gasteiger partial charge in [-0.3, -0.25) is 10.1 Å². The van der Waals surface area contributed by atoms with E-state index < -0.39 is 6.03 Å². The lowest BCUT2D eigenvalue weighted by Gasteiger charge is -2.23. The Morgan fingerprint density at radius 2 is 1.79 bits per heavy atom. The minimum atomic E-state index is -0.484. The van der Waals surface area contributed by atoms with Crippen LogP contribution in [0.15, 0.2) is 65.7 Å². The van der Waals surface area contributed by atoms with E-state index in [1.165, 1.54) is 11.8 Å². The summed E-state index contributed by atoms with van der Waals surface area (Å²) in [5.74, 6) is 0.154. The van der Waals surface area contributed by atoms with Crippen LogP contribution in [0.3, 0.4) is 0 Å². The summed E-state index contributed by atoms with van der Waals surface area (Å²) in [6.07, 6.45) is 4.05. The van der Waals surface area contributed by atoms with E-state index in [9.17, 15) is 14.9 Å². The Kier molecular flexibility index (Phi) is 6.15. The van der Waals surface area contributed by atoms with Gasteiger partial charge in [0.1, 0.15) is 11.1 Å². The number of thioether (sulfide) groups is 1. The average Bonchev–Trinajstić information content (AvgIpc) is 3.24. The van der Waals surface area contributed by atoms with Gasteiger partial charge in [0.2, 0.25) is 5.91 Å². The molecular weight excluding hydrogens is 444 g/mol.